The molecular weight excluding hydrogens is 326 g/mol. The number of rotatable bonds is 5. The third-order valence-corrected chi connectivity index (χ3v) is 6.70. The van der Waals surface area contributed by atoms with E-state index in [1.165, 1.54) is 0 Å². The van der Waals surface area contributed by atoms with Gasteiger partial charge in [-0.2, -0.15) is 0 Å². The van der Waals surface area contributed by atoms with E-state index in [1.807, 2.05) is 0 Å². The average molecular weight is 346 g/mol. The zero-order valence-electron chi connectivity index (χ0n) is 12.6. The molecule has 1 saturated heterocycles. The lowest BCUT2D eigenvalue weighted by Gasteiger charge is -2.47. The zero-order chi connectivity index (χ0) is 15.9. The molecule has 0 unspecified atom stereocenters. The standard InChI is InChI=1S/C15H20ClNO4S/c1-9-12(16)4-3-5-13(9)22(18,19)17-14-10-6-7-21-15(10)11(14)8-20-2/h3-5,10-11,14-15,17H,6-8H2,1-2H3/t10-,11-,14-,15-/m0/s1. The van der Waals surface area contributed by atoms with E-state index in [0.29, 0.717) is 23.8 Å². The van der Waals surface area contributed by atoms with Crippen molar-refractivity contribution in [2.24, 2.45) is 11.8 Å². The van der Waals surface area contributed by atoms with Crippen molar-refractivity contribution in [3.8, 4) is 0 Å². The number of fused-ring (bicyclic) bond motifs is 1. The Morgan fingerprint density at radius 2 is 2.23 bits per heavy atom. The molecule has 2 fully saturated rings. The number of hydrogen-bond donors (Lipinski definition) is 1. The number of benzene rings is 1. The molecule has 3 rings (SSSR count). The van der Waals surface area contributed by atoms with Gasteiger partial charge in [0.1, 0.15) is 0 Å². The lowest BCUT2D eigenvalue weighted by molar-refractivity contribution is -0.0775. The molecule has 4 atom stereocenters. The van der Waals surface area contributed by atoms with Crippen LogP contribution in [0.4, 0.5) is 0 Å². The Hall–Kier alpha value is -0.660. The van der Waals surface area contributed by atoms with Gasteiger partial charge in [-0.15, -0.1) is 0 Å². The summed E-state index contributed by atoms with van der Waals surface area (Å²) in [7, 11) is -1.99. The maximum absolute atomic E-state index is 12.7. The van der Waals surface area contributed by atoms with Crippen LogP contribution in [-0.2, 0) is 19.5 Å². The van der Waals surface area contributed by atoms with Crippen LogP contribution in [0.5, 0.6) is 0 Å². The van der Waals surface area contributed by atoms with E-state index in [-0.39, 0.29) is 28.9 Å². The van der Waals surface area contributed by atoms with Crippen LogP contribution in [0.2, 0.25) is 5.02 Å². The highest BCUT2D eigenvalue weighted by Gasteiger charge is 2.55. The molecule has 0 amide bonds. The van der Waals surface area contributed by atoms with Crippen molar-refractivity contribution in [2.75, 3.05) is 20.3 Å². The van der Waals surface area contributed by atoms with Crippen LogP contribution >= 0.6 is 11.6 Å². The monoisotopic (exact) mass is 345 g/mol. The number of ether oxygens (including phenoxy) is 2. The Kier molecular flexibility index (Phi) is 4.49. The van der Waals surface area contributed by atoms with Crippen LogP contribution in [0.15, 0.2) is 23.1 Å². The van der Waals surface area contributed by atoms with Crippen LogP contribution in [0, 0.1) is 18.8 Å². The zero-order valence-corrected chi connectivity index (χ0v) is 14.2. The summed E-state index contributed by atoms with van der Waals surface area (Å²) in [5.74, 6) is 0.293. The Balaban J connectivity index is 1.83. The molecular formula is C15H20ClNO4S. The first kappa shape index (κ1) is 16.2. The molecule has 0 spiro atoms. The molecule has 7 heteroatoms. The second-order valence-electron chi connectivity index (χ2n) is 5.92. The van der Waals surface area contributed by atoms with E-state index in [2.05, 4.69) is 4.72 Å². The Bertz CT molecular complexity index is 664. The molecule has 5 nitrogen and oxygen atoms in total. The van der Waals surface area contributed by atoms with Crippen LogP contribution in [0.3, 0.4) is 0 Å². The molecule has 0 radical (unpaired) electrons. The van der Waals surface area contributed by atoms with Crippen LogP contribution in [0.25, 0.3) is 0 Å². The van der Waals surface area contributed by atoms with Crippen molar-refractivity contribution in [3.63, 3.8) is 0 Å². The van der Waals surface area contributed by atoms with E-state index in [4.69, 9.17) is 21.1 Å². The van der Waals surface area contributed by atoms with Crippen molar-refractivity contribution >= 4 is 21.6 Å². The number of halogens is 1. The first-order valence-corrected chi connectivity index (χ1v) is 9.20. The lowest BCUT2D eigenvalue weighted by Crippen LogP contribution is -2.62. The molecule has 122 valence electrons. The highest BCUT2D eigenvalue weighted by molar-refractivity contribution is 7.89. The van der Waals surface area contributed by atoms with Gasteiger partial charge in [0, 0.05) is 36.6 Å². The number of methoxy groups -OCH3 is 1. The summed E-state index contributed by atoms with van der Waals surface area (Å²) >= 11 is 6.04. The molecule has 1 aromatic rings. The van der Waals surface area contributed by atoms with Crippen LogP contribution in [-0.4, -0.2) is 40.9 Å². The fraction of sp³-hybridized carbons (Fsp3) is 0.600. The molecule has 2 aliphatic rings. The molecule has 0 bridgehead atoms. The van der Waals surface area contributed by atoms with Gasteiger partial charge in [0.25, 0.3) is 0 Å². The van der Waals surface area contributed by atoms with Crippen molar-refractivity contribution in [1.82, 2.24) is 4.72 Å². The first-order chi connectivity index (χ1) is 10.5. The normalized spacial score (nSPS) is 30.9. The fourth-order valence-electron chi connectivity index (χ4n) is 3.52. The number of sulfonamides is 1. The summed E-state index contributed by atoms with van der Waals surface area (Å²) in [6.45, 7) is 2.89. The summed E-state index contributed by atoms with van der Waals surface area (Å²) < 4.78 is 39.1. The van der Waals surface area contributed by atoms with E-state index in [1.54, 1.807) is 32.2 Å². The van der Waals surface area contributed by atoms with Gasteiger partial charge >= 0.3 is 0 Å². The summed E-state index contributed by atoms with van der Waals surface area (Å²) in [6.07, 6.45) is 0.986. The minimum atomic E-state index is -3.61. The fourth-order valence-corrected chi connectivity index (χ4v) is 5.35. The molecule has 1 heterocycles. The molecule has 1 aliphatic heterocycles. The summed E-state index contributed by atoms with van der Waals surface area (Å²) in [6, 6.07) is 4.78. The van der Waals surface area contributed by atoms with Gasteiger partial charge in [0.15, 0.2) is 0 Å². The highest BCUT2D eigenvalue weighted by atomic mass is 35.5. The van der Waals surface area contributed by atoms with Gasteiger partial charge in [-0.05, 0) is 31.0 Å². The maximum Gasteiger partial charge on any atom is 0.241 e. The van der Waals surface area contributed by atoms with E-state index < -0.39 is 10.0 Å². The second-order valence-corrected chi connectivity index (χ2v) is 8.01. The van der Waals surface area contributed by atoms with Crippen LogP contribution in [0.1, 0.15) is 12.0 Å². The number of hydrogen-bond acceptors (Lipinski definition) is 4. The van der Waals surface area contributed by atoms with Gasteiger partial charge in [0.2, 0.25) is 10.0 Å². The highest BCUT2D eigenvalue weighted by Crippen LogP contribution is 2.44. The van der Waals surface area contributed by atoms with Crippen molar-refractivity contribution in [1.29, 1.82) is 0 Å². The quantitative estimate of drug-likeness (QED) is 0.886. The molecule has 22 heavy (non-hydrogen) atoms. The smallest absolute Gasteiger partial charge is 0.241 e. The van der Waals surface area contributed by atoms with Crippen molar-refractivity contribution in [3.05, 3.63) is 28.8 Å². The molecule has 1 aliphatic carbocycles. The SMILES string of the molecule is COC[C@H]1[C@@H](NS(=O)(=O)c2cccc(Cl)c2C)[C@@H]2CCO[C@@H]21. The first-order valence-electron chi connectivity index (χ1n) is 7.33. The van der Waals surface area contributed by atoms with Gasteiger partial charge in [-0.1, -0.05) is 17.7 Å². The summed E-state index contributed by atoms with van der Waals surface area (Å²) in [4.78, 5) is 0.235. The minimum absolute atomic E-state index is 0.0618. The van der Waals surface area contributed by atoms with E-state index in [9.17, 15) is 8.42 Å². The Morgan fingerprint density at radius 3 is 2.95 bits per heavy atom. The minimum Gasteiger partial charge on any atom is -0.384 e. The Labute approximate surface area is 136 Å². The lowest BCUT2D eigenvalue weighted by atomic mass is 9.68. The second kappa shape index (κ2) is 6.09. The van der Waals surface area contributed by atoms with Gasteiger partial charge in [0.05, 0.1) is 17.6 Å². The average Bonchev–Trinajstić information content (AvgIpc) is 2.90. The third-order valence-electron chi connectivity index (χ3n) is 4.69. The summed E-state index contributed by atoms with van der Waals surface area (Å²) in [5, 5.41) is 0.451. The number of nitrogens with one attached hydrogen (secondary N) is 1. The van der Waals surface area contributed by atoms with Gasteiger partial charge in [-0.3, -0.25) is 0 Å². The van der Waals surface area contributed by atoms with Crippen molar-refractivity contribution in [2.45, 2.75) is 30.4 Å². The predicted octanol–water partition coefficient (Wildman–Crippen LogP) is 1.98. The molecule has 0 aromatic heterocycles. The van der Waals surface area contributed by atoms with Crippen molar-refractivity contribution < 1.29 is 17.9 Å². The van der Waals surface area contributed by atoms with Gasteiger partial charge in [-0.25, -0.2) is 13.1 Å². The largest absolute Gasteiger partial charge is 0.384 e. The predicted molar refractivity (Wildman–Crippen MR) is 83.5 cm³/mol. The van der Waals surface area contributed by atoms with Gasteiger partial charge < -0.3 is 9.47 Å². The summed E-state index contributed by atoms with van der Waals surface area (Å²) in [5.41, 5.74) is 0.568. The third kappa shape index (κ3) is 2.67. The van der Waals surface area contributed by atoms with E-state index in [0.717, 1.165) is 6.42 Å². The molecule has 1 aromatic carbocycles. The molecule has 1 saturated carbocycles. The Morgan fingerprint density at radius 1 is 1.45 bits per heavy atom. The maximum atomic E-state index is 12.7. The topological polar surface area (TPSA) is 64.6 Å². The molecule has 1 N–H and O–H groups in total. The van der Waals surface area contributed by atoms with Crippen LogP contribution < -0.4 is 4.72 Å². The van der Waals surface area contributed by atoms with E-state index >= 15 is 0 Å².